The van der Waals surface area contributed by atoms with Crippen molar-refractivity contribution in [3.8, 4) is 5.75 Å². The van der Waals surface area contributed by atoms with E-state index in [-0.39, 0.29) is 18.3 Å². The smallest absolute Gasteiger partial charge is 0.242 e. The summed E-state index contributed by atoms with van der Waals surface area (Å²) in [6.45, 7) is 3.58. The third-order valence-electron chi connectivity index (χ3n) is 4.85. The monoisotopic (exact) mass is 392 g/mol. The van der Waals surface area contributed by atoms with E-state index in [9.17, 15) is 9.18 Å². The predicted octanol–water partition coefficient (Wildman–Crippen LogP) is 1.83. The summed E-state index contributed by atoms with van der Waals surface area (Å²) in [7, 11) is 1.60. The lowest BCUT2D eigenvalue weighted by Crippen LogP contribution is -3.13. The lowest BCUT2D eigenvalue weighted by Gasteiger charge is -2.32. The Morgan fingerprint density at radius 2 is 1.96 bits per heavy atom. The van der Waals surface area contributed by atoms with E-state index >= 15 is 0 Å². The normalized spacial score (nSPS) is 14.9. The Kier molecular flexibility index (Phi) is 6.53. The molecule has 0 saturated carbocycles. The predicted molar refractivity (Wildman–Crippen MR) is 104 cm³/mol. The van der Waals surface area contributed by atoms with Gasteiger partial charge in [-0.3, -0.25) is 4.79 Å². The summed E-state index contributed by atoms with van der Waals surface area (Å²) in [5.74, 6) is 0.486. The van der Waals surface area contributed by atoms with Gasteiger partial charge in [-0.1, -0.05) is 29.8 Å². The molecule has 0 radical (unpaired) electrons. The topological polar surface area (TPSA) is 46.0 Å². The largest absolute Gasteiger partial charge is 0.495 e. The van der Waals surface area contributed by atoms with Crippen LogP contribution in [0, 0.1) is 5.82 Å². The zero-order valence-corrected chi connectivity index (χ0v) is 16.1. The van der Waals surface area contributed by atoms with Gasteiger partial charge in [0, 0.05) is 0 Å². The van der Waals surface area contributed by atoms with Gasteiger partial charge in [0.1, 0.15) is 18.1 Å². The second-order valence-corrected chi connectivity index (χ2v) is 6.97. The quantitative estimate of drug-likeness (QED) is 0.788. The summed E-state index contributed by atoms with van der Waals surface area (Å²) < 4.78 is 19.2. The Balaban J connectivity index is 1.49. The van der Waals surface area contributed by atoms with Gasteiger partial charge >= 0.3 is 0 Å². The standard InChI is InChI=1S/C20H23ClFN3O2/c1-27-19-8-3-2-7-18(19)23-13-20(26)25-11-9-24(10-12-25)14-15-16(21)5-4-6-17(15)22/h2-8,23H,9-14H2,1H3/p+1. The van der Waals surface area contributed by atoms with Crippen LogP contribution in [0.3, 0.4) is 0 Å². The zero-order valence-electron chi connectivity index (χ0n) is 15.3. The molecule has 7 heteroatoms. The van der Waals surface area contributed by atoms with Gasteiger partial charge in [0.05, 0.1) is 56.1 Å². The SMILES string of the molecule is COc1ccccc1NCC(=O)N1CC[NH+](Cc2c(F)cccc2Cl)CC1. The maximum Gasteiger partial charge on any atom is 0.242 e. The molecule has 1 fully saturated rings. The van der Waals surface area contributed by atoms with Crippen molar-refractivity contribution in [2.45, 2.75) is 6.54 Å². The number of hydrogen-bond donors (Lipinski definition) is 2. The highest BCUT2D eigenvalue weighted by Crippen LogP contribution is 2.22. The number of carbonyl (C=O) groups excluding carboxylic acids is 1. The van der Waals surface area contributed by atoms with E-state index < -0.39 is 0 Å². The molecule has 1 aliphatic rings. The Bertz CT molecular complexity index is 774. The third-order valence-corrected chi connectivity index (χ3v) is 5.20. The van der Waals surface area contributed by atoms with E-state index in [2.05, 4.69) is 5.32 Å². The van der Waals surface area contributed by atoms with Crippen LogP contribution in [0.4, 0.5) is 10.1 Å². The Labute approximate surface area is 163 Å². The highest BCUT2D eigenvalue weighted by atomic mass is 35.5. The van der Waals surface area contributed by atoms with Crippen molar-refractivity contribution in [1.82, 2.24) is 4.90 Å². The zero-order chi connectivity index (χ0) is 19.2. The Morgan fingerprint density at radius 3 is 2.67 bits per heavy atom. The molecule has 0 aromatic heterocycles. The summed E-state index contributed by atoms with van der Waals surface area (Å²) in [5.41, 5.74) is 1.35. The average Bonchev–Trinajstić information content (AvgIpc) is 2.69. The molecule has 2 N–H and O–H groups in total. The number of halogens is 2. The van der Waals surface area contributed by atoms with E-state index in [1.165, 1.54) is 11.0 Å². The fourth-order valence-electron chi connectivity index (χ4n) is 3.27. The van der Waals surface area contributed by atoms with Crippen molar-refractivity contribution < 1.29 is 18.8 Å². The minimum Gasteiger partial charge on any atom is -0.495 e. The second kappa shape index (κ2) is 9.06. The van der Waals surface area contributed by atoms with Crippen LogP contribution >= 0.6 is 11.6 Å². The Hall–Kier alpha value is -2.31. The van der Waals surface area contributed by atoms with Gasteiger partial charge in [0.2, 0.25) is 5.91 Å². The van der Waals surface area contributed by atoms with E-state index in [1.54, 1.807) is 19.2 Å². The molecule has 0 aliphatic carbocycles. The Morgan fingerprint density at radius 1 is 1.22 bits per heavy atom. The minimum atomic E-state index is -0.269. The summed E-state index contributed by atoms with van der Waals surface area (Å²) in [5, 5.41) is 3.60. The van der Waals surface area contributed by atoms with E-state index in [4.69, 9.17) is 16.3 Å². The number of nitrogens with zero attached hydrogens (tertiary/aromatic N) is 1. The van der Waals surface area contributed by atoms with Gasteiger partial charge in [0.15, 0.2) is 0 Å². The maximum atomic E-state index is 14.0. The lowest BCUT2D eigenvalue weighted by molar-refractivity contribution is -0.917. The molecule has 0 spiro atoms. The van der Waals surface area contributed by atoms with Crippen molar-refractivity contribution in [2.24, 2.45) is 0 Å². The summed E-state index contributed by atoms with van der Waals surface area (Å²) in [6, 6.07) is 12.3. The lowest BCUT2D eigenvalue weighted by atomic mass is 10.2. The molecule has 5 nitrogen and oxygen atoms in total. The fraction of sp³-hybridized carbons (Fsp3) is 0.350. The first-order valence-electron chi connectivity index (χ1n) is 8.99. The fourth-order valence-corrected chi connectivity index (χ4v) is 3.50. The number of hydrogen-bond acceptors (Lipinski definition) is 3. The van der Waals surface area contributed by atoms with Gasteiger partial charge in [0.25, 0.3) is 0 Å². The van der Waals surface area contributed by atoms with Gasteiger partial charge in [-0.2, -0.15) is 0 Å². The average molecular weight is 393 g/mol. The molecule has 1 amide bonds. The van der Waals surface area contributed by atoms with Crippen LogP contribution < -0.4 is 15.0 Å². The number of ether oxygens (including phenoxy) is 1. The summed E-state index contributed by atoms with van der Waals surface area (Å²) >= 11 is 6.12. The molecular formula is C20H24ClFN3O2+. The molecule has 0 unspecified atom stereocenters. The molecule has 1 saturated heterocycles. The molecular weight excluding hydrogens is 369 g/mol. The van der Waals surface area contributed by atoms with Crippen molar-refractivity contribution >= 4 is 23.2 Å². The van der Waals surface area contributed by atoms with Crippen LogP contribution in [0.2, 0.25) is 5.02 Å². The molecule has 1 aliphatic heterocycles. The number of rotatable bonds is 6. The van der Waals surface area contributed by atoms with Gasteiger partial charge < -0.3 is 19.9 Å². The second-order valence-electron chi connectivity index (χ2n) is 6.56. The number of para-hydroxylation sites is 2. The number of nitrogens with one attached hydrogen (secondary N) is 2. The van der Waals surface area contributed by atoms with Crippen molar-refractivity contribution in [2.75, 3.05) is 45.2 Å². The van der Waals surface area contributed by atoms with E-state index in [1.807, 2.05) is 29.2 Å². The van der Waals surface area contributed by atoms with Crippen molar-refractivity contribution in [3.05, 3.63) is 58.9 Å². The van der Waals surface area contributed by atoms with Crippen LogP contribution in [0.5, 0.6) is 5.75 Å². The first-order chi connectivity index (χ1) is 13.1. The molecule has 27 heavy (non-hydrogen) atoms. The summed E-state index contributed by atoms with van der Waals surface area (Å²) in [6.07, 6.45) is 0. The molecule has 2 aromatic rings. The third kappa shape index (κ3) is 4.90. The minimum absolute atomic E-state index is 0.0453. The number of anilines is 1. The van der Waals surface area contributed by atoms with Crippen molar-refractivity contribution in [3.63, 3.8) is 0 Å². The van der Waals surface area contributed by atoms with Crippen molar-refractivity contribution in [1.29, 1.82) is 0 Å². The number of piperazine rings is 1. The van der Waals surface area contributed by atoms with Crippen LogP contribution in [0.1, 0.15) is 5.56 Å². The maximum absolute atomic E-state index is 14.0. The van der Waals surface area contributed by atoms with E-state index in [0.717, 1.165) is 18.8 Å². The molecule has 1 heterocycles. The highest BCUT2D eigenvalue weighted by Gasteiger charge is 2.25. The first kappa shape index (κ1) is 19.5. The van der Waals surface area contributed by atoms with Gasteiger partial charge in [-0.15, -0.1) is 0 Å². The number of benzene rings is 2. The molecule has 0 bridgehead atoms. The number of quaternary nitrogens is 1. The van der Waals surface area contributed by atoms with Crippen LogP contribution in [0.25, 0.3) is 0 Å². The van der Waals surface area contributed by atoms with E-state index in [0.29, 0.717) is 36.0 Å². The van der Waals surface area contributed by atoms with Crippen LogP contribution in [0.15, 0.2) is 42.5 Å². The van der Waals surface area contributed by atoms with Crippen LogP contribution in [-0.4, -0.2) is 50.6 Å². The first-order valence-corrected chi connectivity index (χ1v) is 9.37. The number of amides is 1. The molecule has 0 atom stereocenters. The van der Waals surface area contributed by atoms with Gasteiger partial charge in [-0.05, 0) is 24.3 Å². The highest BCUT2D eigenvalue weighted by molar-refractivity contribution is 6.31. The summed E-state index contributed by atoms with van der Waals surface area (Å²) in [4.78, 5) is 15.5. The number of methoxy groups -OCH3 is 1. The van der Waals surface area contributed by atoms with Crippen LogP contribution in [-0.2, 0) is 11.3 Å². The molecule has 3 rings (SSSR count). The number of carbonyl (C=O) groups is 1. The molecule has 144 valence electrons. The van der Waals surface area contributed by atoms with Gasteiger partial charge in [-0.25, -0.2) is 4.39 Å². The molecule has 2 aromatic carbocycles.